The molecule has 0 bridgehead atoms. The van der Waals surface area contributed by atoms with Gasteiger partial charge >= 0.3 is 7.32 Å². The molecular formula is C13H29BO8. The van der Waals surface area contributed by atoms with Crippen LogP contribution in [-0.4, -0.2) is 54.8 Å². The smallest absolute Gasteiger partial charge is 0.402 e. The van der Waals surface area contributed by atoms with Gasteiger partial charge in [0.1, 0.15) is 0 Å². The monoisotopic (exact) mass is 324 g/mol. The van der Waals surface area contributed by atoms with Crippen LogP contribution >= 0.6 is 0 Å². The summed E-state index contributed by atoms with van der Waals surface area (Å²) >= 11 is 0. The van der Waals surface area contributed by atoms with Gasteiger partial charge in [-0.1, -0.05) is 44.9 Å². The van der Waals surface area contributed by atoms with Crippen LogP contribution in [0.1, 0.15) is 70.6 Å². The van der Waals surface area contributed by atoms with Crippen molar-refractivity contribution in [3.05, 3.63) is 0 Å². The van der Waals surface area contributed by atoms with Crippen molar-refractivity contribution in [3.8, 4) is 0 Å². The van der Waals surface area contributed by atoms with Crippen LogP contribution in [-0.2, 0) is 4.65 Å². The molecule has 0 aromatic rings. The Morgan fingerprint density at radius 1 is 0.591 bits per heavy atom. The molecule has 8 nitrogen and oxygen atoms in total. The third-order valence-electron chi connectivity index (χ3n) is 3.31. The Labute approximate surface area is 131 Å². The van der Waals surface area contributed by atoms with Gasteiger partial charge in [0, 0.05) is 12.8 Å². The summed E-state index contributed by atoms with van der Waals surface area (Å²) in [6, 6.07) is 0. The van der Waals surface area contributed by atoms with Crippen molar-refractivity contribution >= 4 is 7.32 Å². The van der Waals surface area contributed by atoms with Crippen LogP contribution in [0.4, 0.5) is 0 Å². The van der Waals surface area contributed by atoms with Gasteiger partial charge in [-0.3, -0.25) is 0 Å². The molecule has 22 heavy (non-hydrogen) atoms. The van der Waals surface area contributed by atoms with Crippen LogP contribution in [0.5, 0.6) is 0 Å². The molecule has 0 rings (SSSR count). The predicted molar refractivity (Wildman–Crippen MR) is 78.6 cm³/mol. The number of aliphatic hydroxyl groups is 5. The summed E-state index contributed by atoms with van der Waals surface area (Å²) in [6.45, 7) is 0. The van der Waals surface area contributed by atoms with Crippen molar-refractivity contribution in [2.75, 3.05) is 0 Å². The maximum absolute atomic E-state index is 9.23. The SMILES string of the molecule is OB(O)OC(O)(O)CCCCCCCCCCCC(O)(O)O. The van der Waals surface area contributed by atoms with Gasteiger partial charge in [0.05, 0.1) is 0 Å². The van der Waals surface area contributed by atoms with E-state index < -0.39 is 19.3 Å². The Balaban J connectivity index is 3.30. The second kappa shape index (κ2) is 11.3. The highest BCUT2D eigenvalue weighted by molar-refractivity contribution is 6.32. The zero-order valence-electron chi connectivity index (χ0n) is 12.9. The first-order valence-electron chi connectivity index (χ1n) is 7.78. The van der Waals surface area contributed by atoms with Crippen molar-refractivity contribution in [1.29, 1.82) is 0 Å². The minimum atomic E-state index is -2.55. The van der Waals surface area contributed by atoms with Crippen molar-refractivity contribution in [1.82, 2.24) is 0 Å². The maximum Gasteiger partial charge on any atom is 0.637 e. The second-order valence-corrected chi connectivity index (χ2v) is 5.64. The molecular weight excluding hydrogens is 295 g/mol. The number of unbranched alkanes of at least 4 members (excludes halogenated alkanes) is 8. The Morgan fingerprint density at radius 3 is 1.32 bits per heavy atom. The minimum Gasteiger partial charge on any atom is -0.402 e. The van der Waals surface area contributed by atoms with E-state index >= 15 is 0 Å². The highest BCUT2D eigenvalue weighted by Gasteiger charge is 2.29. The fourth-order valence-electron chi connectivity index (χ4n) is 2.18. The summed E-state index contributed by atoms with van der Waals surface area (Å²) in [5.74, 6) is -5.06. The summed E-state index contributed by atoms with van der Waals surface area (Å²) in [5.41, 5.74) is 0. The number of rotatable bonds is 14. The molecule has 0 atom stereocenters. The van der Waals surface area contributed by atoms with Gasteiger partial charge in [0.15, 0.2) is 0 Å². The lowest BCUT2D eigenvalue weighted by molar-refractivity contribution is -0.315. The molecule has 0 saturated carbocycles. The van der Waals surface area contributed by atoms with Gasteiger partial charge in [0.2, 0.25) is 0 Å². The molecule has 0 aromatic heterocycles. The first kappa shape index (κ1) is 21.7. The lowest BCUT2D eigenvalue weighted by atomic mass is 10.0. The quantitative estimate of drug-likeness (QED) is 0.129. The Bertz CT molecular complexity index is 267. The molecule has 0 amide bonds. The highest BCUT2D eigenvalue weighted by atomic mass is 16.8. The molecule has 0 fully saturated rings. The van der Waals surface area contributed by atoms with E-state index in [0.717, 1.165) is 44.9 Å². The zero-order chi connectivity index (χ0) is 17.1. The summed E-state index contributed by atoms with van der Waals surface area (Å²) < 4.78 is 4.11. The maximum atomic E-state index is 9.23. The van der Waals surface area contributed by atoms with Gasteiger partial charge in [-0.25, -0.2) is 0 Å². The zero-order valence-corrected chi connectivity index (χ0v) is 12.9. The molecule has 0 saturated heterocycles. The average molecular weight is 324 g/mol. The van der Waals surface area contributed by atoms with E-state index in [1.807, 2.05) is 0 Å². The van der Waals surface area contributed by atoms with Crippen LogP contribution in [0.25, 0.3) is 0 Å². The average Bonchev–Trinajstić information content (AvgIpc) is 2.32. The molecule has 7 N–H and O–H groups in total. The van der Waals surface area contributed by atoms with E-state index in [2.05, 4.69) is 4.65 Å². The summed E-state index contributed by atoms with van der Waals surface area (Å²) in [6.07, 6.45) is 7.54. The highest BCUT2D eigenvalue weighted by Crippen LogP contribution is 2.16. The molecule has 0 unspecified atom stereocenters. The largest absolute Gasteiger partial charge is 0.637 e. The summed E-state index contributed by atoms with van der Waals surface area (Å²) in [7, 11) is -2.21. The van der Waals surface area contributed by atoms with Crippen LogP contribution in [0.2, 0.25) is 0 Å². The van der Waals surface area contributed by atoms with E-state index in [0.29, 0.717) is 12.8 Å². The topological polar surface area (TPSA) is 151 Å². The Morgan fingerprint density at radius 2 is 0.955 bits per heavy atom. The van der Waals surface area contributed by atoms with Crippen molar-refractivity contribution in [2.45, 2.75) is 82.6 Å². The normalized spacial score (nSPS) is 12.7. The van der Waals surface area contributed by atoms with Gasteiger partial charge in [-0.15, -0.1) is 0 Å². The molecule has 0 spiro atoms. The predicted octanol–water partition coefficient (Wildman–Crippen LogP) is -0.467. The van der Waals surface area contributed by atoms with E-state index in [4.69, 9.17) is 25.4 Å². The van der Waals surface area contributed by atoms with Gasteiger partial charge < -0.3 is 40.2 Å². The van der Waals surface area contributed by atoms with Crippen LogP contribution in [0.3, 0.4) is 0 Å². The van der Waals surface area contributed by atoms with Gasteiger partial charge in [-0.2, -0.15) is 0 Å². The molecule has 0 aromatic carbocycles. The van der Waals surface area contributed by atoms with E-state index in [1.165, 1.54) is 0 Å². The van der Waals surface area contributed by atoms with Gasteiger partial charge in [-0.05, 0) is 12.8 Å². The molecule has 9 heteroatoms. The first-order valence-corrected chi connectivity index (χ1v) is 7.78. The van der Waals surface area contributed by atoms with Crippen molar-refractivity contribution in [3.63, 3.8) is 0 Å². The third kappa shape index (κ3) is 16.1. The standard InChI is InChI=1S/C13H29BO8/c15-12(16,17)10-8-6-4-2-1-3-5-7-9-11-13(18,19)22-14(20)21/h15-21H,1-11H2. The molecule has 0 aliphatic carbocycles. The first-order chi connectivity index (χ1) is 10.1. The number of hydrogen-bond acceptors (Lipinski definition) is 8. The fourth-order valence-corrected chi connectivity index (χ4v) is 2.18. The van der Waals surface area contributed by atoms with Crippen molar-refractivity contribution < 1.29 is 40.2 Å². The summed E-state index contributed by atoms with van der Waals surface area (Å²) in [4.78, 5) is 0. The van der Waals surface area contributed by atoms with Crippen LogP contribution < -0.4 is 0 Å². The molecule has 0 aliphatic rings. The second-order valence-electron chi connectivity index (χ2n) is 5.64. The molecule has 0 heterocycles. The minimum absolute atomic E-state index is 0.0400. The summed E-state index contributed by atoms with van der Waals surface area (Å²) in [5, 5.41) is 61.4. The van der Waals surface area contributed by atoms with E-state index in [-0.39, 0.29) is 12.8 Å². The van der Waals surface area contributed by atoms with Crippen LogP contribution in [0.15, 0.2) is 0 Å². The van der Waals surface area contributed by atoms with E-state index in [9.17, 15) is 10.2 Å². The Kier molecular flexibility index (Phi) is 11.2. The lowest BCUT2D eigenvalue weighted by Gasteiger charge is -2.21. The third-order valence-corrected chi connectivity index (χ3v) is 3.31. The number of hydrogen-bond donors (Lipinski definition) is 7. The van der Waals surface area contributed by atoms with Gasteiger partial charge in [0.25, 0.3) is 11.9 Å². The van der Waals surface area contributed by atoms with E-state index in [1.54, 1.807) is 0 Å². The molecule has 0 aliphatic heterocycles. The van der Waals surface area contributed by atoms with Crippen LogP contribution in [0, 0.1) is 0 Å². The molecule has 132 valence electrons. The Hall–Kier alpha value is -0.255. The van der Waals surface area contributed by atoms with Crippen molar-refractivity contribution in [2.24, 2.45) is 0 Å². The lowest BCUT2D eigenvalue weighted by Crippen LogP contribution is -2.38. The fraction of sp³-hybridized carbons (Fsp3) is 1.00. The molecule has 0 radical (unpaired) electrons.